The van der Waals surface area contributed by atoms with E-state index in [-0.39, 0.29) is 17.9 Å². The zero-order valence-corrected chi connectivity index (χ0v) is 8.52. The van der Waals surface area contributed by atoms with Crippen LogP contribution in [-0.4, -0.2) is 16.9 Å². The maximum atomic E-state index is 11.8. The van der Waals surface area contributed by atoms with Crippen LogP contribution in [0.15, 0.2) is 24.4 Å². The number of nitrogens with one attached hydrogen (secondary N) is 1. The highest BCUT2D eigenvalue weighted by Gasteiger charge is 2.27. The third kappa shape index (κ3) is 2.53. The van der Waals surface area contributed by atoms with E-state index in [2.05, 4.69) is 10.3 Å². The van der Waals surface area contributed by atoms with Gasteiger partial charge in [0.2, 0.25) is 5.91 Å². The number of nitrogens with two attached hydrogens (primary N) is 1. The molecule has 0 spiro atoms. The van der Waals surface area contributed by atoms with Crippen LogP contribution in [0.25, 0.3) is 0 Å². The van der Waals surface area contributed by atoms with Crippen LogP contribution < -0.4 is 11.1 Å². The smallest absolute Gasteiger partial charge is 0.228 e. The number of pyridine rings is 1. The van der Waals surface area contributed by atoms with Crippen LogP contribution in [0.5, 0.6) is 0 Å². The minimum Gasteiger partial charge on any atom is -0.328 e. The van der Waals surface area contributed by atoms with Crippen molar-refractivity contribution in [1.82, 2.24) is 4.98 Å². The summed E-state index contributed by atoms with van der Waals surface area (Å²) in [6, 6.07) is 5.64. The maximum Gasteiger partial charge on any atom is 0.228 e. The van der Waals surface area contributed by atoms with Crippen LogP contribution in [0.3, 0.4) is 0 Å². The number of hydrogen-bond acceptors (Lipinski definition) is 3. The first-order chi connectivity index (χ1) is 7.25. The van der Waals surface area contributed by atoms with Crippen molar-refractivity contribution in [2.24, 2.45) is 11.7 Å². The molecule has 0 aliphatic heterocycles. The van der Waals surface area contributed by atoms with Gasteiger partial charge in [-0.2, -0.15) is 0 Å². The van der Waals surface area contributed by atoms with Gasteiger partial charge < -0.3 is 11.1 Å². The Bertz CT molecular complexity index is 339. The minimum absolute atomic E-state index is 0.0432. The number of carbonyl (C=O) groups excluding carboxylic acids is 1. The first kappa shape index (κ1) is 10.1. The second-order valence-corrected chi connectivity index (χ2v) is 3.97. The summed E-state index contributed by atoms with van der Waals surface area (Å²) in [4.78, 5) is 15.8. The SMILES string of the molecule is NC1CCC(C(=O)Nc2ccccn2)C1. The largest absolute Gasteiger partial charge is 0.328 e. The van der Waals surface area contributed by atoms with E-state index in [1.807, 2.05) is 12.1 Å². The van der Waals surface area contributed by atoms with E-state index < -0.39 is 0 Å². The molecule has 15 heavy (non-hydrogen) atoms. The van der Waals surface area contributed by atoms with E-state index in [1.165, 1.54) is 0 Å². The highest BCUT2D eigenvalue weighted by molar-refractivity contribution is 5.91. The van der Waals surface area contributed by atoms with Gasteiger partial charge in [0.1, 0.15) is 5.82 Å². The van der Waals surface area contributed by atoms with E-state index in [9.17, 15) is 4.79 Å². The quantitative estimate of drug-likeness (QED) is 0.761. The molecule has 1 aliphatic rings. The van der Waals surface area contributed by atoms with Crippen molar-refractivity contribution in [1.29, 1.82) is 0 Å². The van der Waals surface area contributed by atoms with Crippen molar-refractivity contribution in [3.63, 3.8) is 0 Å². The van der Waals surface area contributed by atoms with Crippen molar-refractivity contribution in [2.45, 2.75) is 25.3 Å². The Morgan fingerprint density at radius 3 is 2.93 bits per heavy atom. The van der Waals surface area contributed by atoms with Gasteiger partial charge >= 0.3 is 0 Å². The average Bonchev–Trinajstić information content (AvgIpc) is 2.66. The fourth-order valence-corrected chi connectivity index (χ4v) is 1.92. The van der Waals surface area contributed by atoms with E-state index in [1.54, 1.807) is 12.3 Å². The molecule has 3 N–H and O–H groups in total. The molecule has 2 unspecified atom stereocenters. The summed E-state index contributed by atoms with van der Waals surface area (Å²) in [6.07, 6.45) is 4.29. The van der Waals surface area contributed by atoms with Crippen molar-refractivity contribution in [2.75, 3.05) is 5.32 Å². The van der Waals surface area contributed by atoms with Gasteiger partial charge in [-0.3, -0.25) is 4.79 Å². The maximum absolute atomic E-state index is 11.8. The van der Waals surface area contributed by atoms with Crippen LogP contribution in [0.2, 0.25) is 0 Å². The summed E-state index contributed by atoms with van der Waals surface area (Å²) in [5.41, 5.74) is 5.76. The van der Waals surface area contributed by atoms with E-state index >= 15 is 0 Å². The van der Waals surface area contributed by atoms with Crippen molar-refractivity contribution in [3.05, 3.63) is 24.4 Å². The molecular weight excluding hydrogens is 190 g/mol. The Kier molecular flexibility index (Phi) is 2.97. The summed E-state index contributed by atoms with van der Waals surface area (Å²) in [5, 5.41) is 2.80. The van der Waals surface area contributed by atoms with Crippen molar-refractivity contribution >= 4 is 11.7 Å². The topological polar surface area (TPSA) is 68.0 Å². The van der Waals surface area contributed by atoms with Gasteiger partial charge in [0.25, 0.3) is 0 Å². The van der Waals surface area contributed by atoms with Gasteiger partial charge in [-0.05, 0) is 31.4 Å². The summed E-state index contributed by atoms with van der Waals surface area (Å²) >= 11 is 0. The molecule has 0 bridgehead atoms. The number of amides is 1. The van der Waals surface area contributed by atoms with Gasteiger partial charge in [0.15, 0.2) is 0 Å². The number of hydrogen-bond donors (Lipinski definition) is 2. The van der Waals surface area contributed by atoms with Crippen molar-refractivity contribution in [3.8, 4) is 0 Å². The van der Waals surface area contributed by atoms with E-state index in [0.29, 0.717) is 5.82 Å². The lowest BCUT2D eigenvalue weighted by Crippen LogP contribution is -2.23. The first-order valence-electron chi connectivity index (χ1n) is 5.23. The van der Waals surface area contributed by atoms with Crippen LogP contribution >= 0.6 is 0 Å². The van der Waals surface area contributed by atoms with Crippen LogP contribution in [-0.2, 0) is 4.79 Å². The molecule has 4 nitrogen and oxygen atoms in total. The molecule has 0 saturated heterocycles. The van der Waals surface area contributed by atoms with Crippen LogP contribution in [0.4, 0.5) is 5.82 Å². The van der Waals surface area contributed by atoms with E-state index in [4.69, 9.17) is 5.73 Å². The fraction of sp³-hybridized carbons (Fsp3) is 0.455. The first-order valence-corrected chi connectivity index (χ1v) is 5.23. The molecule has 1 amide bonds. The number of rotatable bonds is 2. The predicted molar refractivity (Wildman–Crippen MR) is 58.2 cm³/mol. The van der Waals surface area contributed by atoms with Crippen LogP contribution in [0, 0.1) is 5.92 Å². The molecule has 1 aliphatic carbocycles. The molecule has 2 rings (SSSR count). The molecule has 1 aromatic rings. The molecule has 1 heterocycles. The Morgan fingerprint density at radius 1 is 1.47 bits per heavy atom. The number of anilines is 1. The normalized spacial score (nSPS) is 25.1. The molecule has 0 aromatic carbocycles. The number of carbonyl (C=O) groups is 1. The summed E-state index contributed by atoms with van der Waals surface area (Å²) in [7, 11) is 0. The highest BCUT2D eigenvalue weighted by Crippen LogP contribution is 2.25. The van der Waals surface area contributed by atoms with Gasteiger partial charge in [0, 0.05) is 18.2 Å². The lowest BCUT2D eigenvalue weighted by molar-refractivity contribution is -0.119. The van der Waals surface area contributed by atoms with Gasteiger partial charge in [-0.25, -0.2) is 4.98 Å². The van der Waals surface area contributed by atoms with Gasteiger partial charge in [-0.15, -0.1) is 0 Å². The van der Waals surface area contributed by atoms with Crippen LogP contribution in [0.1, 0.15) is 19.3 Å². The third-order valence-corrected chi connectivity index (χ3v) is 2.76. The lowest BCUT2D eigenvalue weighted by atomic mass is 10.1. The number of nitrogens with zero attached hydrogens (tertiary/aromatic N) is 1. The Morgan fingerprint density at radius 2 is 2.33 bits per heavy atom. The van der Waals surface area contributed by atoms with Crippen molar-refractivity contribution < 1.29 is 4.79 Å². The molecule has 1 fully saturated rings. The highest BCUT2D eigenvalue weighted by atomic mass is 16.1. The molecule has 1 aromatic heterocycles. The van der Waals surface area contributed by atoms with E-state index in [0.717, 1.165) is 19.3 Å². The Hall–Kier alpha value is -1.42. The number of aromatic nitrogens is 1. The molecule has 0 radical (unpaired) electrons. The second-order valence-electron chi connectivity index (χ2n) is 3.97. The predicted octanol–water partition coefficient (Wildman–Crippen LogP) is 1.15. The lowest BCUT2D eigenvalue weighted by Gasteiger charge is -2.09. The molecule has 80 valence electrons. The standard InChI is InChI=1S/C11H15N3O/c12-9-5-4-8(7-9)11(15)14-10-3-1-2-6-13-10/h1-3,6,8-9H,4-5,7,12H2,(H,13,14,15). The summed E-state index contributed by atoms with van der Waals surface area (Å²) in [6.45, 7) is 0. The minimum atomic E-state index is 0.0432. The molecular formula is C11H15N3O. The zero-order valence-electron chi connectivity index (χ0n) is 8.52. The zero-order chi connectivity index (χ0) is 10.7. The Balaban J connectivity index is 1.93. The molecule has 1 saturated carbocycles. The summed E-state index contributed by atoms with van der Waals surface area (Å²) < 4.78 is 0. The average molecular weight is 205 g/mol. The monoisotopic (exact) mass is 205 g/mol. The fourth-order valence-electron chi connectivity index (χ4n) is 1.92. The van der Waals surface area contributed by atoms with Gasteiger partial charge in [-0.1, -0.05) is 6.07 Å². The Labute approximate surface area is 88.9 Å². The molecule has 2 atom stereocenters. The third-order valence-electron chi connectivity index (χ3n) is 2.76. The second kappa shape index (κ2) is 4.40. The van der Waals surface area contributed by atoms with Gasteiger partial charge in [0.05, 0.1) is 0 Å². The summed E-state index contributed by atoms with van der Waals surface area (Å²) in [5.74, 6) is 0.714. The molecule has 4 heteroatoms.